The third-order valence-electron chi connectivity index (χ3n) is 3.00. The monoisotopic (exact) mass is 344 g/mol. The summed E-state index contributed by atoms with van der Waals surface area (Å²) in [7, 11) is -4.62. The quantitative estimate of drug-likeness (QED) is 0.529. The van der Waals surface area contributed by atoms with Gasteiger partial charge in [-0.2, -0.15) is 8.42 Å². The van der Waals surface area contributed by atoms with Crippen molar-refractivity contribution in [3.05, 3.63) is 24.4 Å². The number of rotatable bonds is 8. The number of aromatic amines is 1. The summed E-state index contributed by atoms with van der Waals surface area (Å²) < 4.78 is 40.5. The Morgan fingerprint density at radius 2 is 2.09 bits per heavy atom. The Hall–Kier alpha value is -1.81. The van der Waals surface area contributed by atoms with E-state index in [1.807, 2.05) is 13.8 Å². The van der Waals surface area contributed by atoms with Crippen molar-refractivity contribution in [3.63, 3.8) is 0 Å². The molecular weight excluding hydrogens is 324 g/mol. The topological polar surface area (TPSA) is 121 Å². The van der Waals surface area contributed by atoms with E-state index < -0.39 is 16.5 Å². The van der Waals surface area contributed by atoms with Gasteiger partial charge in [-0.25, -0.2) is 0 Å². The molecule has 0 amide bonds. The molecule has 128 valence electrons. The lowest BCUT2D eigenvalue weighted by molar-refractivity contribution is 0.105. The van der Waals surface area contributed by atoms with Crippen LogP contribution in [0.25, 0.3) is 10.9 Å². The van der Waals surface area contributed by atoms with Crippen molar-refractivity contribution in [1.82, 2.24) is 10.3 Å². The Bertz CT molecular complexity index is 756. The van der Waals surface area contributed by atoms with Crippen molar-refractivity contribution in [3.8, 4) is 11.5 Å². The molecule has 0 saturated heterocycles. The number of aliphatic hydroxyl groups is 1. The Balaban J connectivity index is 2.13. The molecule has 9 heteroatoms. The van der Waals surface area contributed by atoms with Crippen LogP contribution in [-0.4, -0.2) is 48.4 Å². The van der Waals surface area contributed by atoms with Crippen LogP contribution in [0, 0.1) is 0 Å². The first-order chi connectivity index (χ1) is 10.7. The third kappa shape index (κ3) is 5.39. The molecule has 0 fully saturated rings. The summed E-state index contributed by atoms with van der Waals surface area (Å²) in [5.41, 5.74) is 0.580. The van der Waals surface area contributed by atoms with Crippen LogP contribution in [0.3, 0.4) is 0 Å². The molecule has 2 aromatic rings. The third-order valence-corrected chi connectivity index (χ3v) is 3.40. The number of hydrogen-bond donors (Lipinski definition) is 4. The van der Waals surface area contributed by atoms with E-state index in [0.29, 0.717) is 23.2 Å². The number of aromatic nitrogens is 1. The lowest BCUT2D eigenvalue weighted by Gasteiger charge is -2.16. The maximum absolute atomic E-state index is 10.8. The van der Waals surface area contributed by atoms with E-state index in [4.69, 9.17) is 9.29 Å². The lowest BCUT2D eigenvalue weighted by atomic mass is 10.2. The van der Waals surface area contributed by atoms with Gasteiger partial charge in [0.2, 0.25) is 0 Å². The van der Waals surface area contributed by atoms with Gasteiger partial charge in [0, 0.05) is 36.3 Å². The highest BCUT2D eigenvalue weighted by Gasteiger charge is 2.14. The summed E-state index contributed by atoms with van der Waals surface area (Å²) >= 11 is 0. The molecule has 2 rings (SSSR count). The molecule has 1 unspecified atom stereocenters. The van der Waals surface area contributed by atoms with Crippen LogP contribution in [0.15, 0.2) is 24.4 Å². The van der Waals surface area contributed by atoms with Gasteiger partial charge in [0.25, 0.3) is 0 Å². The first-order valence-electron chi connectivity index (χ1n) is 7.07. The molecule has 0 spiro atoms. The summed E-state index contributed by atoms with van der Waals surface area (Å²) in [6.45, 7) is 4.32. The van der Waals surface area contributed by atoms with E-state index in [9.17, 15) is 13.5 Å². The van der Waals surface area contributed by atoms with Gasteiger partial charge < -0.3 is 24.3 Å². The highest BCUT2D eigenvalue weighted by molar-refractivity contribution is 7.81. The molecule has 1 aromatic heterocycles. The molecule has 1 aromatic carbocycles. The van der Waals surface area contributed by atoms with Crippen LogP contribution in [0.4, 0.5) is 0 Å². The van der Waals surface area contributed by atoms with Crippen LogP contribution < -0.4 is 14.2 Å². The second-order valence-electron chi connectivity index (χ2n) is 5.40. The highest BCUT2D eigenvalue weighted by atomic mass is 32.3. The van der Waals surface area contributed by atoms with Crippen LogP contribution in [0.1, 0.15) is 13.8 Å². The van der Waals surface area contributed by atoms with Gasteiger partial charge >= 0.3 is 10.4 Å². The van der Waals surface area contributed by atoms with Crippen molar-refractivity contribution < 1.29 is 27.0 Å². The fourth-order valence-electron chi connectivity index (χ4n) is 2.01. The fraction of sp³-hybridized carbons (Fsp3) is 0.429. The Kier molecular flexibility index (Phi) is 5.47. The molecule has 4 N–H and O–H groups in total. The molecule has 0 aliphatic heterocycles. The van der Waals surface area contributed by atoms with Crippen LogP contribution in [0.5, 0.6) is 11.5 Å². The number of benzene rings is 1. The summed E-state index contributed by atoms with van der Waals surface area (Å²) in [5, 5.41) is 13.7. The van der Waals surface area contributed by atoms with E-state index in [1.54, 1.807) is 12.3 Å². The molecule has 8 nitrogen and oxygen atoms in total. The minimum absolute atomic E-state index is 0.0231. The Morgan fingerprint density at radius 3 is 2.74 bits per heavy atom. The van der Waals surface area contributed by atoms with Gasteiger partial charge in [-0.1, -0.05) is 13.8 Å². The van der Waals surface area contributed by atoms with Gasteiger partial charge in [0.05, 0.1) is 5.52 Å². The first-order valence-corrected chi connectivity index (χ1v) is 8.43. The zero-order valence-corrected chi connectivity index (χ0v) is 13.6. The molecule has 23 heavy (non-hydrogen) atoms. The van der Waals surface area contributed by atoms with Crippen molar-refractivity contribution in [2.24, 2.45) is 0 Å². The predicted octanol–water partition coefficient (Wildman–Crippen LogP) is 1.09. The molecule has 0 aliphatic rings. The van der Waals surface area contributed by atoms with Gasteiger partial charge in [-0.15, -0.1) is 0 Å². The number of nitrogens with one attached hydrogen (secondary N) is 2. The molecule has 1 atom stereocenters. The number of aliphatic hydroxyl groups excluding tert-OH is 1. The zero-order valence-electron chi connectivity index (χ0n) is 12.8. The van der Waals surface area contributed by atoms with Gasteiger partial charge in [0.1, 0.15) is 18.5 Å². The van der Waals surface area contributed by atoms with Gasteiger partial charge in [0.15, 0.2) is 5.75 Å². The SMILES string of the molecule is CC(C)NCC(O)COc1cc(OS(=O)(=O)O)cc2[nH]ccc12. The summed E-state index contributed by atoms with van der Waals surface area (Å²) in [5.74, 6) is 0.248. The van der Waals surface area contributed by atoms with E-state index in [0.717, 1.165) is 0 Å². The van der Waals surface area contributed by atoms with Crippen LogP contribution in [-0.2, 0) is 10.4 Å². The molecule has 0 aliphatic carbocycles. The van der Waals surface area contributed by atoms with Gasteiger partial charge in [-0.05, 0) is 6.07 Å². The summed E-state index contributed by atoms with van der Waals surface area (Å²) in [6.07, 6.45) is 0.934. The summed E-state index contributed by atoms with van der Waals surface area (Å²) in [6, 6.07) is 4.76. The Morgan fingerprint density at radius 1 is 1.35 bits per heavy atom. The average Bonchev–Trinajstić information content (AvgIpc) is 2.88. The summed E-state index contributed by atoms with van der Waals surface area (Å²) in [4.78, 5) is 2.90. The maximum atomic E-state index is 10.8. The average molecular weight is 344 g/mol. The minimum atomic E-state index is -4.62. The number of hydrogen-bond acceptors (Lipinski definition) is 6. The lowest BCUT2D eigenvalue weighted by Crippen LogP contribution is -2.35. The van der Waals surface area contributed by atoms with Crippen molar-refractivity contribution in [2.45, 2.75) is 26.0 Å². The van der Waals surface area contributed by atoms with E-state index in [1.165, 1.54) is 12.1 Å². The van der Waals surface area contributed by atoms with Crippen molar-refractivity contribution in [2.75, 3.05) is 13.2 Å². The molecule has 0 bridgehead atoms. The standard InChI is InChI=1S/C14H20N2O6S/c1-9(2)16-7-10(17)8-21-14-6-11(22-23(18,19)20)5-13-12(14)3-4-15-13/h3-6,9-10,15-17H,7-8H2,1-2H3,(H,18,19,20). The van der Waals surface area contributed by atoms with Crippen molar-refractivity contribution >= 4 is 21.3 Å². The van der Waals surface area contributed by atoms with E-state index in [2.05, 4.69) is 14.5 Å². The molecule has 1 heterocycles. The van der Waals surface area contributed by atoms with Gasteiger partial charge in [-0.3, -0.25) is 4.55 Å². The zero-order chi connectivity index (χ0) is 17.0. The van der Waals surface area contributed by atoms with E-state index in [-0.39, 0.29) is 18.4 Å². The number of H-pyrrole nitrogens is 1. The predicted molar refractivity (Wildman–Crippen MR) is 85.1 cm³/mol. The number of ether oxygens (including phenoxy) is 1. The second kappa shape index (κ2) is 7.18. The fourth-order valence-corrected chi connectivity index (χ4v) is 2.35. The van der Waals surface area contributed by atoms with Crippen LogP contribution >= 0.6 is 0 Å². The highest BCUT2D eigenvalue weighted by Crippen LogP contribution is 2.31. The van der Waals surface area contributed by atoms with E-state index >= 15 is 0 Å². The molecule has 0 saturated carbocycles. The second-order valence-corrected chi connectivity index (χ2v) is 6.42. The van der Waals surface area contributed by atoms with Crippen LogP contribution in [0.2, 0.25) is 0 Å². The first kappa shape index (κ1) is 17.5. The minimum Gasteiger partial charge on any atom is -0.490 e. The molecular formula is C14H20N2O6S. The Labute approximate surface area is 134 Å². The number of fused-ring (bicyclic) bond motifs is 1. The maximum Gasteiger partial charge on any atom is 0.446 e. The largest absolute Gasteiger partial charge is 0.490 e. The van der Waals surface area contributed by atoms with Crippen molar-refractivity contribution in [1.29, 1.82) is 0 Å². The smallest absolute Gasteiger partial charge is 0.446 e. The normalized spacial score (nSPS) is 13.4. The molecule has 0 radical (unpaired) electrons.